The van der Waals surface area contributed by atoms with Crippen LogP contribution in [0.4, 0.5) is 16.2 Å². The average Bonchev–Trinajstić information content (AvgIpc) is 3.04. The van der Waals surface area contributed by atoms with Gasteiger partial charge in [0, 0.05) is 11.4 Å². The Morgan fingerprint density at radius 1 is 1.03 bits per heavy atom. The molecule has 2 aromatic rings. The number of aliphatic hydroxyl groups is 1. The number of anilines is 2. The lowest BCUT2D eigenvalue weighted by Gasteiger charge is -2.44. The van der Waals surface area contributed by atoms with Crippen LogP contribution in [0, 0.1) is 5.92 Å². The molecular formula is C22H21N3O5. The fraction of sp³-hybridized carbons (Fsp3) is 0.227. The summed E-state index contributed by atoms with van der Waals surface area (Å²) in [7, 11) is 0. The van der Waals surface area contributed by atoms with Gasteiger partial charge in [-0.05, 0) is 48.7 Å². The van der Waals surface area contributed by atoms with E-state index in [0.717, 1.165) is 0 Å². The number of carbonyl (C=O) groups is 3. The van der Waals surface area contributed by atoms with Gasteiger partial charge in [-0.1, -0.05) is 30.3 Å². The van der Waals surface area contributed by atoms with Crippen LogP contribution in [-0.4, -0.2) is 45.2 Å². The summed E-state index contributed by atoms with van der Waals surface area (Å²) < 4.78 is 0. The minimum Gasteiger partial charge on any atom is -0.477 e. The molecule has 8 nitrogen and oxygen atoms in total. The van der Waals surface area contributed by atoms with Crippen molar-refractivity contribution in [3.63, 3.8) is 0 Å². The second kappa shape index (κ2) is 7.64. The number of urea groups is 1. The number of rotatable bonds is 5. The number of aliphatic carboxylic acids is 1. The summed E-state index contributed by atoms with van der Waals surface area (Å²) in [6.07, 6.45) is -0.465. The number of carboxylic acid groups (broad SMARTS) is 1. The molecule has 3 atom stereocenters. The maximum atomic E-state index is 12.3. The van der Waals surface area contributed by atoms with Gasteiger partial charge in [0.2, 0.25) is 5.91 Å². The molecule has 2 heterocycles. The molecule has 0 radical (unpaired) electrons. The summed E-state index contributed by atoms with van der Waals surface area (Å²) in [5.41, 5.74) is 2.38. The summed E-state index contributed by atoms with van der Waals surface area (Å²) in [6, 6.07) is 15.1. The molecule has 1 fully saturated rings. The van der Waals surface area contributed by atoms with Gasteiger partial charge in [0.05, 0.1) is 18.1 Å². The second-order valence-corrected chi connectivity index (χ2v) is 7.40. The van der Waals surface area contributed by atoms with Gasteiger partial charge in [-0.3, -0.25) is 4.79 Å². The molecule has 2 aromatic carbocycles. The fourth-order valence-corrected chi connectivity index (χ4v) is 4.10. The highest BCUT2D eigenvalue weighted by molar-refractivity contribution is 6.06. The van der Waals surface area contributed by atoms with E-state index in [1.165, 1.54) is 4.90 Å². The van der Waals surface area contributed by atoms with Crippen molar-refractivity contribution in [2.75, 3.05) is 10.6 Å². The molecule has 3 amide bonds. The molecule has 0 saturated carbocycles. The van der Waals surface area contributed by atoms with Crippen LogP contribution in [0.3, 0.4) is 0 Å². The summed E-state index contributed by atoms with van der Waals surface area (Å²) in [5, 5.41) is 24.9. The average molecular weight is 407 g/mol. The molecule has 2 aliphatic rings. The van der Waals surface area contributed by atoms with Crippen LogP contribution >= 0.6 is 0 Å². The SMILES string of the molecule is C[C@@H](O)[C@H]1C(=O)N2C(C(=O)O)=C(c3ccc(NC(=O)Nc4ccccc4)cc3)C[C@H]12. The van der Waals surface area contributed by atoms with Crippen LogP contribution in [0.1, 0.15) is 18.9 Å². The Balaban J connectivity index is 1.50. The van der Waals surface area contributed by atoms with Crippen molar-refractivity contribution in [1.82, 2.24) is 4.90 Å². The van der Waals surface area contributed by atoms with Crippen molar-refractivity contribution in [3.05, 3.63) is 65.9 Å². The number of aliphatic hydroxyl groups excluding tert-OH is 1. The molecule has 154 valence electrons. The highest BCUT2D eigenvalue weighted by Gasteiger charge is 2.56. The predicted molar refractivity (Wildman–Crippen MR) is 111 cm³/mol. The fourth-order valence-electron chi connectivity index (χ4n) is 4.10. The predicted octanol–water partition coefficient (Wildman–Crippen LogP) is 2.74. The minimum absolute atomic E-state index is 0.0376. The first-order chi connectivity index (χ1) is 14.4. The summed E-state index contributed by atoms with van der Waals surface area (Å²) in [5.74, 6) is -2.12. The van der Waals surface area contributed by atoms with Crippen molar-refractivity contribution < 1.29 is 24.6 Å². The van der Waals surface area contributed by atoms with Crippen LogP contribution in [0.2, 0.25) is 0 Å². The Kier molecular flexibility index (Phi) is 5.01. The lowest BCUT2D eigenvalue weighted by molar-refractivity contribution is -0.161. The summed E-state index contributed by atoms with van der Waals surface area (Å²) in [6.45, 7) is 1.54. The molecule has 0 unspecified atom stereocenters. The molecule has 4 rings (SSSR count). The number of hydrogen-bond acceptors (Lipinski definition) is 4. The molecule has 0 aromatic heterocycles. The van der Waals surface area contributed by atoms with Crippen LogP contribution in [0.5, 0.6) is 0 Å². The van der Waals surface area contributed by atoms with Gasteiger partial charge in [-0.15, -0.1) is 0 Å². The molecular weight excluding hydrogens is 386 g/mol. The first-order valence-electron chi connectivity index (χ1n) is 9.58. The first-order valence-corrected chi connectivity index (χ1v) is 9.58. The molecule has 0 aliphatic carbocycles. The lowest BCUT2D eigenvalue weighted by atomic mass is 9.82. The topological polar surface area (TPSA) is 119 Å². The van der Waals surface area contributed by atoms with Gasteiger partial charge in [0.15, 0.2) is 0 Å². The van der Waals surface area contributed by atoms with E-state index >= 15 is 0 Å². The molecule has 1 saturated heterocycles. The van der Waals surface area contributed by atoms with E-state index < -0.39 is 24.0 Å². The van der Waals surface area contributed by atoms with Crippen molar-refractivity contribution >= 4 is 34.9 Å². The number of β-lactam (4-membered cyclic amide) rings is 1. The second-order valence-electron chi connectivity index (χ2n) is 7.40. The molecule has 0 bridgehead atoms. The molecule has 30 heavy (non-hydrogen) atoms. The maximum Gasteiger partial charge on any atom is 0.352 e. The normalized spacial score (nSPS) is 21.0. The van der Waals surface area contributed by atoms with Crippen molar-refractivity contribution in [2.24, 2.45) is 5.92 Å². The van der Waals surface area contributed by atoms with E-state index in [1.54, 1.807) is 43.3 Å². The van der Waals surface area contributed by atoms with E-state index in [4.69, 9.17) is 0 Å². The van der Waals surface area contributed by atoms with Crippen molar-refractivity contribution in [1.29, 1.82) is 0 Å². The number of para-hydroxylation sites is 1. The van der Waals surface area contributed by atoms with E-state index in [1.807, 2.05) is 18.2 Å². The Hall–Kier alpha value is -3.65. The van der Waals surface area contributed by atoms with Crippen molar-refractivity contribution in [2.45, 2.75) is 25.5 Å². The third-order valence-corrected chi connectivity index (χ3v) is 5.45. The largest absolute Gasteiger partial charge is 0.477 e. The van der Waals surface area contributed by atoms with Gasteiger partial charge >= 0.3 is 12.0 Å². The number of amides is 3. The molecule has 4 N–H and O–H groups in total. The van der Waals surface area contributed by atoms with E-state index in [2.05, 4.69) is 10.6 Å². The van der Waals surface area contributed by atoms with E-state index in [-0.39, 0.29) is 17.6 Å². The molecule has 8 heteroatoms. The number of hydrogen-bond donors (Lipinski definition) is 4. The van der Waals surface area contributed by atoms with Gasteiger partial charge in [-0.2, -0.15) is 0 Å². The smallest absolute Gasteiger partial charge is 0.352 e. The number of benzene rings is 2. The number of carbonyl (C=O) groups excluding carboxylic acids is 2. The Bertz CT molecular complexity index is 1030. The van der Waals surface area contributed by atoms with Gasteiger partial charge in [0.1, 0.15) is 5.70 Å². The standard InChI is InChI=1S/C22H21N3O5/c1-12(26)18-17-11-16(19(21(28)29)25(17)20(18)27)13-7-9-15(10-8-13)24-22(30)23-14-5-3-2-4-6-14/h2-10,12,17-18,26H,11H2,1H3,(H,28,29)(H2,23,24,30)/t12-,17-,18-/m1/s1. The first kappa shape index (κ1) is 19.7. The zero-order valence-electron chi connectivity index (χ0n) is 16.2. The Labute approximate surface area is 172 Å². The van der Waals surface area contributed by atoms with Crippen molar-refractivity contribution in [3.8, 4) is 0 Å². The third kappa shape index (κ3) is 3.42. The Morgan fingerprint density at radius 3 is 2.20 bits per heavy atom. The maximum absolute atomic E-state index is 12.3. The van der Waals surface area contributed by atoms with Gasteiger partial charge < -0.3 is 25.7 Å². The van der Waals surface area contributed by atoms with E-state index in [9.17, 15) is 24.6 Å². The summed E-state index contributed by atoms with van der Waals surface area (Å²) >= 11 is 0. The third-order valence-electron chi connectivity index (χ3n) is 5.45. The highest BCUT2D eigenvalue weighted by atomic mass is 16.4. The number of carboxylic acids is 1. The quantitative estimate of drug-likeness (QED) is 0.568. The van der Waals surface area contributed by atoms with Crippen LogP contribution in [0.25, 0.3) is 5.57 Å². The Morgan fingerprint density at radius 2 is 1.63 bits per heavy atom. The number of nitrogens with zero attached hydrogens (tertiary/aromatic N) is 1. The van der Waals surface area contributed by atoms with Crippen LogP contribution in [0.15, 0.2) is 60.3 Å². The minimum atomic E-state index is -1.17. The van der Waals surface area contributed by atoms with Gasteiger partial charge in [0.25, 0.3) is 0 Å². The summed E-state index contributed by atoms with van der Waals surface area (Å²) in [4.78, 5) is 37.5. The number of fused-ring (bicyclic) bond motifs is 1. The van der Waals surface area contributed by atoms with Crippen LogP contribution < -0.4 is 10.6 Å². The zero-order chi connectivity index (χ0) is 21.4. The van der Waals surface area contributed by atoms with Gasteiger partial charge in [-0.25, -0.2) is 9.59 Å². The number of nitrogens with one attached hydrogen (secondary N) is 2. The van der Waals surface area contributed by atoms with Crippen LogP contribution in [-0.2, 0) is 9.59 Å². The lowest BCUT2D eigenvalue weighted by Crippen LogP contribution is -2.61. The highest BCUT2D eigenvalue weighted by Crippen LogP contribution is 2.46. The molecule has 0 spiro atoms. The molecule has 2 aliphatic heterocycles. The zero-order valence-corrected chi connectivity index (χ0v) is 16.2. The monoisotopic (exact) mass is 407 g/mol. The van der Waals surface area contributed by atoms with E-state index in [0.29, 0.717) is 28.9 Å².